The summed E-state index contributed by atoms with van der Waals surface area (Å²) in [5, 5.41) is 8.73. The number of carbonyl (C=O) groups is 1. The second kappa shape index (κ2) is 4.77. The van der Waals surface area contributed by atoms with Crippen molar-refractivity contribution in [2.45, 2.75) is 6.92 Å². The molecular formula is C12H10N4O2S. The van der Waals surface area contributed by atoms with Crippen molar-refractivity contribution >= 4 is 27.5 Å². The van der Waals surface area contributed by atoms with Gasteiger partial charge >= 0.3 is 5.97 Å². The van der Waals surface area contributed by atoms with Crippen molar-refractivity contribution < 1.29 is 9.53 Å². The molecule has 0 spiro atoms. The predicted molar refractivity (Wildman–Crippen MR) is 70.5 cm³/mol. The first-order chi connectivity index (χ1) is 9.28. The summed E-state index contributed by atoms with van der Waals surface area (Å²) in [7, 11) is 0. The van der Waals surface area contributed by atoms with Gasteiger partial charge in [0.1, 0.15) is 0 Å². The molecule has 0 saturated heterocycles. The number of benzene rings is 1. The highest BCUT2D eigenvalue weighted by Crippen LogP contribution is 2.23. The lowest BCUT2D eigenvalue weighted by molar-refractivity contribution is 0.0519. The van der Waals surface area contributed by atoms with Crippen LogP contribution in [0.1, 0.15) is 17.4 Å². The van der Waals surface area contributed by atoms with E-state index in [0.717, 1.165) is 10.2 Å². The molecule has 0 saturated carbocycles. The van der Waals surface area contributed by atoms with Gasteiger partial charge in [0, 0.05) is 0 Å². The van der Waals surface area contributed by atoms with Gasteiger partial charge < -0.3 is 4.74 Å². The van der Waals surface area contributed by atoms with Crippen LogP contribution in [0.15, 0.2) is 30.5 Å². The topological polar surface area (TPSA) is 69.9 Å². The Morgan fingerprint density at radius 1 is 1.42 bits per heavy atom. The minimum atomic E-state index is -0.477. The van der Waals surface area contributed by atoms with Crippen LogP contribution >= 0.6 is 11.3 Å². The number of esters is 1. The fourth-order valence-corrected chi connectivity index (χ4v) is 2.47. The number of rotatable bonds is 3. The Morgan fingerprint density at radius 2 is 2.26 bits per heavy atom. The van der Waals surface area contributed by atoms with E-state index >= 15 is 0 Å². The lowest BCUT2D eigenvalue weighted by atomic mass is 10.3. The first-order valence-electron chi connectivity index (χ1n) is 5.73. The Labute approximate surface area is 112 Å². The second-order valence-corrected chi connectivity index (χ2v) is 4.71. The Bertz CT molecular complexity index is 701. The minimum Gasteiger partial charge on any atom is -0.461 e. The Kier molecular flexibility index (Phi) is 2.96. The summed E-state index contributed by atoms with van der Waals surface area (Å²) in [5.74, 6) is -0.477. The maximum atomic E-state index is 11.5. The van der Waals surface area contributed by atoms with Crippen LogP contribution in [0.25, 0.3) is 15.3 Å². The summed E-state index contributed by atoms with van der Waals surface area (Å²) in [6, 6.07) is 7.77. The van der Waals surface area contributed by atoms with Crippen molar-refractivity contribution in [3.8, 4) is 5.13 Å². The largest absolute Gasteiger partial charge is 0.461 e. The number of para-hydroxylation sites is 1. The van der Waals surface area contributed by atoms with Crippen LogP contribution in [-0.2, 0) is 4.74 Å². The van der Waals surface area contributed by atoms with Crippen LogP contribution in [-0.4, -0.2) is 32.6 Å². The Balaban J connectivity index is 1.96. The molecule has 0 aliphatic heterocycles. The Hall–Kier alpha value is -2.28. The molecule has 2 heterocycles. The molecule has 0 N–H and O–H groups in total. The molecule has 6 nitrogen and oxygen atoms in total. The zero-order chi connectivity index (χ0) is 13.2. The molecule has 0 aliphatic carbocycles. The number of aromatic nitrogens is 4. The highest BCUT2D eigenvalue weighted by atomic mass is 32.1. The third-order valence-corrected chi connectivity index (χ3v) is 3.43. The number of hydrogen-bond acceptors (Lipinski definition) is 6. The lowest BCUT2D eigenvalue weighted by Gasteiger charge is -1.95. The van der Waals surface area contributed by atoms with E-state index in [9.17, 15) is 4.79 Å². The molecule has 96 valence electrons. The summed E-state index contributed by atoms with van der Waals surface area (Å²) in [6.07, 6.45) is 1.38. The van der Waals surface area contributed by atoms with Crippen LogP contribution in [0, 0.1) is 0 Å². The van der Waals surface area contributed by atoms with E-state index in [1.807, 2.05) is 24.3 Å². The van der Waals surface area contributed by atoms with Crippen LogP contribution in [0.3, 0.4) is 0 Å². The van der Waals surface area contributed by atoms with Crippen molar-refractivity contribution in [2.75, 3.05) is 6.61 Å². The number of carbonyl (C=O) groups excluding carboxylic acids is 1. The van der Waals surface area contributed by atoms with Gasteiger partial charge in [0.2, 0.25) is 5.13 Å². The molecule has 0 fully saturated rings. The van der Waals surface area contributed by atoms with Crippen LogP contribution in [0.5, 0.6) is 0 Å². The first-order valence-corrected chi connectivity index (χ1v) is 6.55. The van der Waals surface area contributed by atoms with Gasteiger partial charge in [-0.25, -0.2) is 9.78 Å². The Morgan fingerprint density at radius 3 is 3.05 bits per heavy atom. The van der Waals surface area contributed by atoms with Crippen molar-refractivity contribution in [1.29, 1.82) is 0 Å². The van der Waals surface area contributed by atoms with Crippen molar-refractivity contribution in [1.82, 2.24) is 20.0 Å². The number of fused-ring (bicyclic) bond motifs is 1. The molecule has 3 aromatic rings. The molecule has 0 bridgehead atoms. The van der Waals surface area contributed by atoms with Gasteiger partial charge in [-0.2, -0.15) is 5.10 Å². The molecular weight excluding hydrogens is 264 g/mol. The fourth-order valence-electron chi connectivity index (χ4n) is 1.60. The van der Waals surface area contributed by atoms with Crippen LogP contribution < -0.4 is 0 Å². The molecule has 0 unspecified atom stereocenters. The maximum absolute atomic E-state index is 11.5. The molecule has 1 aromatic carbocycles. The zero-order valence-electron chi connectivity index (χ0n) is 10.1. The smallest absolute Gasteiger partial charge is 0.360 e. The fraction of sp³-hybridized carbons (Fsp3) is 0.167. The lowest BCUT2D eigenvalue weighted by Crippen LogP contribution is -2.06. The third-order valence-electron chi connectivity index (χ3n) is 2.43. The monoisotopic (exact) mass is 274 g/mol. The number of nitrogens with zero attached hydrogens (tertiary/aromatic N) is 4. The van der Waals surface area contributed by atoms with E-state index < -0.39 is 5.97 Å². The molecule has 2 aromatic heterocycles. The highest BCUT2D eigenvalue weighted by Gasteiger charge is 2.14. The molecule has 0 aliphatic rings. The molecule has 0 radical (unpaired) electrons. The molecule has 7 heteroatoms. The summed E-state index contributed by atoms with van der Waals surface area (Å²) >= 11 is 1.46. The van der Waals surface area contributed by atoms with Gasteiger partial charge in [-0.1, -0.05) is 23.5 Å². The van der Waals surface area contributed by atoms with Gasteiger partial charge in [0.25, 0.3) is 0 Å². The zero-order valence-corrected chi connectivity index (χ0v) is 10.9. The highest BCUT2D eigenvalue weighted by molar-refractivity contribution is 7.20. The van der Waals surface area contributed by atoms with Gasteiger partial charge in [0.15, 0.2) is 5.69 Å². The van der Waals surface area contributed by atoms with E-state index in [1.54, 1.807) is 6.92 Å². The van der Waals surface area contributed by atoms with Crippen molar-refractivity contribution in [3.05, 3.63) is 36.2 Å². The van der Waals surface area contributed by atoms with Crippen LogP contribution in [0.2, 0.25) is 0 Å². The van der Waals surface area contributed by atoms with E-state index in [1.165, 1.54) is 22.3 Å². The van der Waals surface area contributed by atoms with E-state index in [4.69, 9.17) is 4.74 Å². The third kappa shape index (κ3) is 2.19. The van der Waals surface area contributed by atoms with Gasteiger partial charge in [-0.05, 0) is 19.1 Å². The SMILES string of the molecule is CCOC(=O)c1cnn(-c2nc3ccccc3s2)n1. The molecule has 19 heavy (non-hydrogen) atoms. The number of thiazole rings is 1. The molecule has 0 amide bonds. The maximum Gasteiger partial charge on any atom is 0.360 e. The average Bonchev–Trinajstić information content (AvgIpc) is 3.05. The van der Waals surface area contributed by atoms with Gasteiger partial charge in [0.05, 0.1) is 23.0 Å². The summed E-state index contributed by atoms with van der Waals surface area (Å²) in [5.41, 5.74) is 1.07. The quantitative estimate of drug-likeness (QED) is 0.684. The number of hydrogen-bond donors (Lipinski definition) is 0. The second-order valence-electron chi connectivity index (χ2n) is 3.70. The van der Waals surface area contributed by atoms with E-state index in [0.29, 0.717) is 11.7 Å². The summed E-state index contributed by atoms with van der Waals surface area (Å²) in [6.45, 7) is 2.06. The minimum absolute atomic E-state index is 0.182. The normalized spacial score (nSPS) is 10.8. The predicted octanol–water partition coefficient (Wildman–Crippen LogP) is 2.05. The molecule has 0 atom stereocenters. The van der Waals surface area contributed by atoms with Gasteiger partial charge in [-0.3, -0.25) is 0 Å². The van der Waals surface area contributed by atoms with Crippen LogP contribution in [0.4, 0.5) is 0 Å². The summed E-state index contributed by atoms with van der Waals surface area (Å²) in [4.78, 5) is 17.3. The van der Waals surface area contributed by atoms with Crippen molar-refractivity contribution in [3.63, 3.8) is 0 Å². The molecule has 3 rings (SSSR count). The first kappa shape index (κ1) is 11.8. The van der Waals surface area contributed by atoms with E-state index in [2.05, 4.69) is 15.2 Å². The standard InChI is InChI=1S/C12H10N4O2S/c1-2-18-11(17)9-7-13-16(15-9)12-14-8-5-3-4-6-10(8)19-12/h3-7H,2H2,1H3. The average molecular weight is 274 g/mol. The number of ether oxygens (including phenoxy) is 1. The van der Waals surface area contributed by atoms with Crippen molar-refractivity contribution in [2.24, 2.45) is 0 Å². The van der Waals surface area contributed by atoms with Gasteiger partial charge in [-0.15, -0.1) is 9.90 Å². The van der Waals surface area contributed by atoms with E-state index in [-0.39, 0.29) is 5.69 Å². The summed E-state index contributed by atoms with van der Waals surface area (Å²) < 4.78 is 5.91.